The summed E-state index contributed by atoms with van der Waals surface area (Å²) in [6, 6.07) is 4.56. The highest BCUT2D eigenvalue weighted by Crippen LogP contribution is 2.16. The Bertz CT molecular complexity index is 615. The Kier molecular flexibility index (Phi) is 3.59. The van der Waals surface area contributed by atoms with Crippen molar-refractivity contribution in [3.05, 3.63) is 62.0 Å². The molecule has 0 atom stereocenters. The molecule has 1 heterocycles. The molecule has 0 fully saturated rings. The van der Waals surface area contributed by atoms with Crippen LogP contribution in [0, 0.1) is 5.82 Å². The fraction of sp³-hybridized carbons (Fsp3) is 0.0909. The molecule has 17 heavy (non-hydrogen) atoms. The van der Waals surface area contributed by atoms with Crippen LogP contribution in [-0.2, 0) is 6.54 Å². The second-order valence-electron chi connectivity index (χ2n) is 3.39. The van der Waals surface area contributed by atoms with Crippen molar-refractivity contribution in [2.45, 2.75) is 6.54 Å². The highest BCUT2D eigenvalue weighted by Gasteiger charge is 2.06. The Hall–Kier alpha value is -1.20. The molecule has 2 rings (SSSR count). The molecule has 0 aliphatic rings. The normalized spacial score (nSPS) is 10.5. The van der Waals surface area contributed by atoms with Crippen molar-refractivity contribution in [3.63, 3.8) is 0 Å². The number of halogens is 3. The standard InChI is InChI=1S/C11H7BrClFN2O/c12-8-1-2-9(14)7(5-8)6-16-4-3-15-10(13)11(16)17/h1-5H,6H2. The summed E-state index contributed by atoms with van der Waals surface area (Å²) in [6.07, 6.45) is 2.87. The number of hydrogen-bond acceptors (Lipinski definition) is 2. The van der Waals surface area contributed by atoms with E-state index in [1.165, 1.54) is 23.0 Å². The molecule has 0 saturated heterocycles. The van der Waals surface area contributed by atoms with Crippen LogP contribution in [0.5, 0.6) is 0 Å². The molecule has 1 aromatic heterocycles. The molecule has 3 nitrogen and oxygen atoms in total. The van der Waals surface area contributed by atoms with Gasteiger partial charge in [0.15, 0.2) is 5.15 Å². The van der Waals surface area contributed by atoms with Gasteiger partial charge in [-0.1, -0.05) is 27.5 Å². The summed E-state index contributed by atoms with van der Waals surface area (Å²) in [5.74, 6) is -0.368. The van der Waals surface area contributed by atoms with Gasteiger partial charge in [0.05, 0.1) is 6.54 Å². The maximum absolute atomic E-state index is 13.5. The predicted octanol–water partition coefficient (Wildman–Crippen LogP) is 2.85. The first-order chi connectivity index (χ1) is 8.08. The Balaban J connectivity index is 2.41. The van der Waals surface area contributed by atoms with Crippen molar-refractivity contribution in [3.8, 4) is 0 Å². The summed E-state index contributed by atoms with van der Waals surface area (Å²) in [5.41, 5.74) is -0.0303. The molecule has 0 spiro atoms. The molecule has 2 aromatic rings. The van der Waals surface area contributed by atoms with Crippen molar-refractivity contribution >= 4 is 27.5 Å². The van der Waals surface area contributed by atoms with Crippen molar-refractivity contribution in [2.24, 2.45) is 0 Å². The molecule has 88 valence electrons. The zero-order valence-corrected chi connectivity index (χ0v) is 10.9. The van der Waals surface area contributed by atoms with Crippen LogP contribution >= 0.6 is 27.5 Å². The monoisotopic (exact) mass is 316 g/mol. The fourth-order valence-corrected chi connectivity index (χ4v) is 1.97. The van der Waals surface area contributed by atoms with Crippen LogP contribution in [-0.4, -0.2) is 9.55 Å². The summed E-state index contributed by atoms with van der Waals surface area (Å²) in [4.78, 5) is 15.3. The van der Waals surface area contributed by atoms with Gasteiger partial charge in [0.1, 0.15) is 5.82 Å². The van der Waals surface area contributed by atoms with Crippen LogP contribution in [0.3, 0.4) is 0 Å². The zero-order valence-electron chi connectivity index (χ0n) is 8.53. The zero-order chi connectivity index (χ0) is 12.4. The number of nitrogens with zero attached hydrogens (tertiary/aromatic N) is 2. The average molecular weight is 318 g/mol. The molecule has 0 aliphatic carbocycles. The largest absolute Gasteiger partial charge is 0.307 e. The number of hydrogen-bond donors (Lipinski definition) is 0. The van der Waals surface area contributed by atoms with E-state index in [1.54, 1.807) is 12.1 Å². The Morgan fingerprint density at radius 1 is 1.47 bits per heavy atom. The molecule has 0 aliphatic heterocycles. The first-order valence-electron chi connectivity index (χ1n) is 4.73. The van der Waals surface area contributed by atoms with E-state index >= 15 is 0 Å². The van der Waals surface area contributed by atoms with Gasteiger partial charge < -0.3 is 4.57 Å². The SMILES string of the molecule is O=c1c(Cl)nccn1Cc1cc(Br)ccc1F. The first-order valence-corrected chi connectivity index (χ1v) is 5.90. The second-order valence-corrected chi connectivity index (χ2v) is 4.66. The quantitative estimate of drug-likeness (QED) is 0.853. The lowest BCUT2D eigenvalue weighted by molar-refractivity contribution is 0.595. The lowest BCUT2D eigenvalue weighted by atomic mass is 10.2. The van der Waals surface area contributed by atoms with E-state index in [2.05, 4.69) is 20.9 Å². The van der Waals surface area contributed by atoms with Crippen molar-refractivity contribution in [1.29, 1.82) is 0 Å². The van der Waals surface area contributed by atoms with Gasteiger partial charge in [-0.2, -0.15) is 0 Å². The Morgan fingerprint density at radius 3 is 3.00 bits per heavy atom. The minimum absolute atomic E-state index is 0.117. The third-order valence-corrected chi connectivity index (χ3v) is 2.97. The summed E-state index contributed by atoms with van der Waals surface area (Å²) in [7, 11) is 0. The maximum atomic E-state index is 13.5. The summed E-state index contributed by atoms with van der Waals surface area (Å²) in [6.45, 7) is 0.117. The van der Waals surface area contributed by atoms with Gasteiger partial charge >= 0.3 is 0 Å². The van der Waals surface area contributed by atoms with E-state index in [-0.39, 0.29) is 17.5 Å². The van der Waals surface area contributed by atoms with Crippen LogP contribution < -0.4 is 5.56 Å². The fourth-order valence-electron chi connectivity index (χ4n) is 1.39. The predicted molar refractivity (Wildman–Crippen MR) is 66.7 cm³/mol. The molecule has 0 radical (unpaired) electrons. The molecular weight excluding hydrogens is 310 g/mol. The third-order valence-electron chi connectivity index (χ3n) is 2.22. The Morgan fingerprint density at radius 2 is 2.24 bits per heavy atom. The highest BCUT2D eigenvalue weighted by molar-refractivity contribution is 9.10. The van der Waals surface area contributed by atoms with Crippen LogP contribution in [0.15, 0.2) is 39.9 Å². The molecular formula is C11H7BrClFN2O. The first kappa shape index (κ1) is 12.3. The number of aromatic nitrogens is 2. The summed E-state index contributed by atoms with van der Waals surface area (Å²) >= 11 is 8.85. The van der Waals surface area contributed by atoms with Crippen LogP contribution in [0.1, 0.15) is 5.56 Å². The summed E-state index contributed by atoms with van der Waals surface area (Å²) < 4.78 is 15.6. The van der Waals surface area contributed by atoms with E-state index in [0.29, 0.717) is 5.56 Å². The Labute approximate surface area is 110 Å². The van der Waals surface area contributed by atoms with Crippen LogP contribution in [0.2, 0.25) is 5.15 Å². The molecule has 0 unspecified atom stereocenters. The van der Waals surface area contributed by atoms with Crippen LogP contribution in [0.4, 0.5) is 4.39 Å². The topological polar surface area (TPSA) is 34.9 Å². The van der Waals surface area contributed by atoms with Gasteiger partial charge in [0, 0.05) is 22.4 Å². The molecule has 0 amide bonds. The smallest absolute Gasteiger partial charge is 0.288 e. The van der Waals surface area contributed by atoms with Gasteiger partial charge in [-0.25, -0.2) is 9.37 Å². The average Bonchev–Trinajstić information content (AvgIpc) is 2.30. The van der Waals surface area contributed by atoms with E-state index in [4.69, 9.17) is 11.6 Å². The van der Waals surface area contributed by atoms with Gasteiger partial charge in [0.2, 0.25) is 0 Å². The minimum atomic E-state index is -0.437. The molecule has 0 saturated carbocycles. The number of benzene rings is 1. The maximum Gasteiger partial charge on any atom is 0.288 e. The number of rotatable bonds is 2. The van der Waals surface area contributed by atoms with Gasteiger partial charge in [0.25, 0.3) is 5.56 Å². The van der Waals surface area contributed by atoms with Gasteiger partial charge in [-0.05, 0) is 18.2 Å². The van der Waals surface area contributed by atoms with Crippen molar-refractivity contribution in [1.82, 2.24) is 9.55 Å². The molecule has 0 bridgehead atoms. The second kappa shape index (κ2) is 4.98. The van der Waals surface area contributed by atoms with Gasteiger partial charge in [-0.3, -0.25) is 4.79 Å². The lowest BCUT2D eigenvalue weighted by Gasteiger charge is -2.07. The highest BCUT2D eigenvalue weighted by atomic mass is 79.9. The molecule has 6 heteroatoms. The van der Waals surface area contributed by atoms with Crippen molar-refractivity contribution in [2.75, 3.05) is 0 Å². The minimum Gasteiger partial charge on any atom is -0.307 e. The molecule has 0 N–H and O–H groups in total. The third kappa shape index (κ3) is 2.73. The van der Waals surface area contributed by atoms with E-state index in [1.807, 2.05) is 0 Å². The van der Waals surface area contributed by atoms with E-state index < -0.39 is 5.56 Å². The van der Waals surface area contributed by atoms with Crippen LogP contribution in [0.25, 0.3) is 0 Å². The van der Waals surface area contributed by atoms with E-state index in [9.17, 15) is 9.18 Å². The summed E-state index contributed by atoms with van der Waals surface area (Å²) in [5, 5.41) is -0.122. The van der Waals surface area contributed by atoms with Crippen molar-refractivity contribution < 1.29 is 4.39 Å². The van der Waals surface area contributed by atoms with E-state index in [0.717, 1.165) is 4.47 Å². The van der Waals surface area contributed by atoms with Gasteiger partial charge in [-0.15, -0.1) is 0 Å². The lowest BCUT2D eigenvalue weighted by Crippen LogP contribution is -2.21. The molecule has 1 aromatic carbocycles.